The summed E-state index contributed by atoms with van der Waals surface area (Å²) in [6, 6.07) is 101. The Kier molecular flexibility index (Phi) is 11.7. The molecule has 0 bridgehead atoms. The largest absolute Gasteiger partial charge is 0.311 e. The van der Waals surface area contributed by atoms with E-state index in [0.717, 1.165) is 117 Å². The zero-order valence-electron chi connectivity index (χ0n) is 42.9. The fraction of sp³-hybridized carbons (Fsp3) is 0.0137. The van der Waals surface area contributed by atoms with Crippen LogP contribution in [0.5, 0.6) is 0 Å². The number of aryl methyl sites for hydroxylation is 1. The molecule has 0 unspecified atom stereocenters. The van der Waals surface area contributed by atoms with E-state index in [-0.39, 0.29) is 0 Å². The second kappa shape index (κ2) is 19.7. The van der Waals surface area contributed by atoms with E-state index in [9.17, 15) is 0 Å². The molecule has 0 aliphatic rings. The normalized spacial score (nSPS) is 11.4. The molecule has 0 amide bonds. The summed E-state index contributed by atoms with van der Waals surface area (Å²) >= 11 is 0. The van der Waals surface area contributed by atoms with Gasteiger partial charge in [0.1, 0.15) is 0 Å². The minimum atomic E-state index is 0.922. The summed E-state index contributed by atoms with van der Waals surface area (Å²) in [7, 11) is 0. The highest BCUT2D eigenvalue weighted by Gasteiger charge is 2.19. The van der Waals surface area contributed by atoms with Crippen molar-refractivity contribution in [3.05, 3.63) is 297 Å². The molecule has 11 aromatic carbocycles. The molecule has 5 nitrogen and oxygen atoms in total. The van der Waals surface area contributed by atoms with E-state index >= 15 is 0 Å². The first-order chi connectivity index (χ1) is 38.6. The maximum Gasteiger partial charge on any atom is 0.0970 e. The van der Waals surface area contributed by atoms with Gasteiger partial charge in [-0.25, -0.2) is 0 Å². The van der Waals surface area contributed by atoms with Gasteiger partial charge in [0, 0.05) is 73.8 Å². The number of rotatable bonds is 11. The van der Waals surface area contributed by atoms with Gasteiger partial charge in [-0.15, -0.1) is 0 Å². The molecule has 3 aromatic heterocycles. The van der Waals surface area contributed by atoms with Gasteiger partial charge in [-0.05, 0) is 172 Å². The van der Waals surface area contributed by atoms with Crippen molar-refractivity contribution in [1.82, 2.24) is 14.5 Å². The van der Waals surface area contributed by atoms with Gasteiger partial charge in [-0.2, -0.15) is 0 Å². The number of benzene rings is 11. The Hall–Kier alpha value is -10.4. The van der Waals surface area contributed by atoms with Crippen molar-refractivity contribution >= 4 is 77.7 Å². The molecule has 0 aliphatic heterocycles. The molecule has 0 spiro atoms. The predicted octanol–water partition coefficient (Wildman–Crippen LogP) is 19.8. The number of fused-ring (bicyclic) bond motifs is 6. The number of hydrogen-bond donors (Lipinski definition) is 0. The van der Waals surface area contributed by atoms with Crippen molar-refractivity contribution < 1.29 is 0 Å². The van der Waals surface area contributed by atoms with E-state index in [0.29, 0.717) is 0 Å². The van der Waals surface area contributed by atoms with Crippen LogP contribution < -0.4 is 9.80 Å². The van der Waals surface area contributed by atoms with Crippen LogP contribution in [0.3, 0.4) is 0 Å². The van der Waals surface area contributed by atoms with Gasteiger partial charge in [-0.1, -0.05) is 164 Å². The van der Waals surface area contributed by atoms with Crippen molar-refractivity contribution in [3.8, 4) is 50.2 Å². The molecule has 0 saturated heterocycles. The van der Waals surface area contributed by atoms with Crippen LogP contribution in [0.25, 0.3) is 93.8 Å². The molecular weight excluding hydrogens is 947 g/mol. The monoisotopic (exact) mass is 997 g/mol. The van der Waals surface area contributed by atoms with E-state index in [2.05, 4.69) is 299 Å². The van der Waals surface area contributed by atoms with E-state index in [4.69, 9.17) is 4.98 Å². The van der Waals surface area contributed by atoms with E-state index in [1.807, 2.05) is 18.5 Å². The zero-order chi connectivity index (χ0) is 51.9. The third-order valence-corrected chi connectivity index (χ3v) is 15.2. The SMILES string of the molecule is Cc1ccccc1N(c1ccccc1)c1ccc(-c2ccc3c(c2)c2cc(-c4ccc(N(c5ccccc5)c5ccccc5)cc4)ccc2n3-c2ccc(-c3ccc(-c4ccnc5c4ccc4cccnc45)cc3)cc2)cc1. The van der Waals surface area contributed by atoms with E-state index in [1.165, 1.54) is 16.3 Å². The molecule has 5 heteroatoms. The van der Waals surface area contributed by atoms with Crippen molar-refractivity contribution in [3.63, 3.8) is 0 Å². The van der Waals surface area contributed by atoms with Crippen LogP contribution in [0.4, 0.5) is 34.1 Å². The van der Waals surface area contributed by atoms with Crippen LogP contribution in [0.2, 0.25) is 0 Å². The van der Waals surface area contributed by atoms with Gasteiger partial charge in [0.25, 0.3) is 0 Å². The zero-order valence-corrected chi connectivity index (χ0v) is 42.9. The second-order valence-electron chi connectivity index (χ2n) is 19.9. The van der Waals surface area contributed by atoms with Gasteiger partial charge < -0.3 is 14.4 Å². The lowest BCUT2D eigenvalue weighted by Gasteiger charge is -2.27. The summed E-state index contributed by atoms with van der Waals surface area (Å²) in [5.41, 5.74) is 22.4. The van der Waals surface area contributed by atoms with Gasteiger partial charge in [0.2, 0.25) is 0 Å². The predicted molar refractivity (Wildman–Crippen MR) is 327 cm³/mol. The molecule has 3 heterocycles. The maximum absolute atomic E-state index is 4.75. The average molecular weight is 998 g/mol. The minimum absolute atomic E-state index is 0.922. The number of hydrogen-bond acceptors (Lipinski definition) is 4. The van der Waals surface area contributed by atoms with Gasteiger partial charge >= 0.3 is 0 Å². The summed E-state index contributed by atoms with van der Waals surface area (Å²) < 4.78 is 2.42. The molecular formula is C73H51N5. The topological polar surface area (TPSA) is 37.2 Å². The Morgan fingerprint density at radius 3 is 1.33 bits per heavy atom. The number of aromatic nitrogens is 3. The van der Waals surface area contributed by atoms with Gasteiger partial charge in [0.15, 0.2) is 0 Å². The number of pyridine rings is 2. The van der Waals surface area contributed by atoms with Crippen LogP contribution in [-0.4, -0.2) is 14.5 Å². The quantitative estimate of drug-likeness (QED) is 0.121. The van der Waals surface area contributed by atoms with Crippen LogP contribution >= 0.6 is 0 Å². The Labute approximate surface area is 453 Å². The number of nitrogens with zero attached hydrogens (tertiary/aromatic N) is 5. The van der Waals surface area contributed by atoms with Crippen LogP contribution in [-0.2, 0) is 0 Å². The lowest BCUT2D eigenvalue weighted by atomic mass is 9.97. The molecule has 0 aliphatic carbocycles. The summed E-state index contributed by atoms with van der Waals surface area (Å²) in [4.78, 5) is 14.1. The third kappa shape index (κ3) is 8.41. The molecule has 14 aromatic rings. The first kappa shape index (κ1) is 46.2. The first-order valence-electron chi connectivity index (χ1n) is 26.5. The van der Waals surface area contributed by atoms with Crippen molar-refractivity contribution in [2.45, 2.75) is 6.92 Å². The smallest absolute Gasteiger partial charge is 0.0970 e. The highest BCUT2D eigenvalue weighted by Crippen LogP contribution is 2.42. The molecule has 0 atom stereocenters. The van der Waals surface area contributed by atoms with Gasteiger partial charge in [0.05, 0.1) is 22.1 Å². The third-order valence-electron chi connectivity index (χ3n) is 15.2. The molecule has 0 saturated carbocycles. The first-order valence-corrected chi connectivity index (χ1v) is 26.5. The summed E-state index contributed by atoms with van der Waals surface area (Å²) in [5.74, 6) is 0. The fourth-order valence-electron chi connectivity index (χ4n) is 11.3. The Bertz CT molecular complexity index is 4420. The van der Waals surface area contributed by atoms with E-state index < -0.39 is 0 Å². The van der Waals surface area contributed by atoms with Crippen LogP contribution in [0, 0.1) is 6.92 Å². The summed E-state index contributed by atoms with van der Waals surface area (Å²) in [6.07, 6.45) is 3.73. The van der Waals surface area contributed by atoms with Crippen LogP contribution in [0.1, 0.15) is 5.56 Å². The Morgan fingerprint density at radius 1 is 0.308 bits per heavy atom. The number of para-hydroxylation sites is 4. The van der Waals surface area contributed by atoms with Crippen molar-refractivity contribution in [2.75, 3.05) is 9.80 Å². The Balaban J connectivity index is 0.837. The second-order valence-corrected chi connectivity index (χ2v) is 19.9. The summed E-state index contributed by atoms with van der Waals surface area (Å²) in [5, 5.41) is 4.58. The minimum Gasteiger partial charge on any atom is -0.311 e. The highest BCUT2D eigenvalue weighted by atomic mass is 15.1. The average Bonchev–Trinajstić information content (AvgIpc) is 3.99. The lowest BCUT2D eigenvalue weighted by molar-refractivity contribution is 1.18. The van der Waals surface area contributed by atoms with Crippen molar-refractivity contribution in [2.24, 2.45) is 0 Å². The summed E-state index contributed by atoms with van der Waals surface area (Å²) in [6.45, 7) is 2.18. The molecule has 14 rings (SSSR count). The Morgan fingerprint density at radius 2 is 0.756 bits per heavy atom. The maximum atomic E-state index is 4.75. The highest BCUT2D eigenvalue weighted by molar-refractivity contribution is 6.12. The molecule has 0 fully saturated rings. The fourth-order valence-corrected chi connectivity index (χ4v) is 11.3. The lowest BCUT2D eigenvalue weighted by Crippen LogP contribution is -2.11. The molecule has 78 heavy (non-hydrogen) atoms. The van der Waals surface area contributed by atoms with Crippen LogP contribution in [0.15, 0.2) is 291 Å². The van der Waals surface area contributed by atoms with E-state index in [1.54, 1.807) is 0 Å². The van der Waals surface area contributed by atoms with Gasteiger partial charge in [-0.3, -0.25) is 9.97 Å². The molecule has 368 valence electrons. The molecule has 0 radical (unpaired) electrons. The molecule has 0 N–H and O–H groups in total. The number of anilines is 6. The standard InChI is InChI=1S/C73H51N5/c1-50-14-11-12-22-69(50)77(61-20-9-4-10-21-61)63-38-31-54(32-39-63)58-35-44-71-68(49-58)67-48-57(53-29-36-62(37-30-53)76(59-16-5-2-6-17-59)60-18-7-3-8-19-60)34-43-70(67)78(71)64-40-27-52(28-41-64)51-23-25-55(26-24-51)65-45-47-75-73-66(65)42-33-56-15-13-46-74-72(56)73/h2-49H,1H3. The van der Waals surface area contributed by atoms with Crippen molar-refractivity contribution in [1.29, 1.82) is 0 Å².